The van der Waals surface area contributed by atoms with Crippen LogP contribution in [0.2, 0.25) is 0 Å². The van der Waals surface area contributed by atoms with Gasteiger partial charge in [0.2, 0.25) is 5.89 Å². The summed E-state index contributed by atoms with van der Waals surface area (Å²) in [4.78, 5) is 5.51. The first-order chi connectivity index (χ1) is 9.03. The SMILES string of the molecule is CCC(C)(N)c1nc(CSc2ccccc2Br)no1. The molecule has 0 saturated carbocycles. The van der Waals surface area contributed by atoms with Gasteiger partial charge in [0.25, 0.3) is 0 Å². The normalized spacial score (nSPS) is 14.3. The highest BCUT2D eigenvalue weighted by Gasteiger charge is 2.26. The first-order valence-corrected chi connectivity index (χ1v) is 7.80. The molecule has 1 unspecified atom stereocenters. The number of aromatic nitrogens is 2. The minimum absolute atomic E-state index is 0.498. The van der Waals surface area contributed by atoms with Crippen molar-refractivity contribution in [2.45, 2.75) is 36.5 Å². The molecule has 0 radical (unpaired) electrons. The molecule has 0 aliphatic heterocycles. The third-order valence-electron chi connectivity index (χ3n) is 2.88. The highest BCUT2D eigenvalue weighted by Crippen LogP contribution is 2.29. The summed E-state index contributed by atoms with van der Waals surface area (Å²) in [6, 6.07) is 8.05. The van der Waals surface area contributed by atoms with E-state index in [1.54, 1.807) is 11.8 Å². The molecule has 1 aromatic heterocycles. The smallest absolute Gasteiger partial charge is 0.246 e. The van der Waals surface area contributed by atoms with Crippen LogP contribution in [-0.2, 0) is 11.3 Å². The Morgan fingerprint density at radius 3 is 2.84 bits per heavy atom. The van der Waals surface area contributed by atoms with Gasteiger partial charge >= 0.3 is 0 Å². The molecule has 2 N–H and O–H groups in total. The molecular formula is C13H16BrN3OS. The second kappa shape index (κ2) is 6.07. The molecule has 102 valence electrons. The van der Waals surface area contributed by atoms with Gasteiger partial charge in [-0.05, 0) is 41.4 Å². The van der Waals surface area contributed by atoms with Gasteiger partial charge in [0.05, 0.1) is 11.3 Å². The van der Waals surface area contributed by atoms with Crippen molar-refractivity contribution in [1.29, 1.82) is 0 Å². The molecule has 0 spiro atoms. The number of thioether (sulfide) groups is 1. The molecule has 1 atom stereocenters. The quantitative estimate of drug-likeness (QED) is 0.839. The third-order valence-corrected chi connectivity index (χ3v) is 4.91. The Bertz CT molecular complexity index is 556. The van der Waals surface area contributed by atoms with Crippen molar-refractivity contribution in [2.75, 3.05) is 0 Å². The van der Waals surface area contributed by atoms with Crippen LogP contribution < -0.4 is 5.73 Å². The van der Waals surface area contributed by atoms with Gasteiger partial charge in [-0.15, -0.1) is 11.8 Å². The molecule has 2 rings (SSSR count). The van der Waals surface area contributed by atoms with E-state index < -0.39 is 5.54 Å². The number of hydrogen-bond donors (Lipinski definition) is 1. The number of hydrogen-bond acceptors (Lipinski definition) is 5. The van der Waals surface area contributed by atoms with Crippen molar-refractivity contribution in [3.8, 4) is 0 Å². The predicted octanol–water partition coefficient (Wildman–Crippen LogP) is 3.71. The van der Waals surface area contributed by atoms with Gasteiger partial charge in [-0.25, -0.2) is 0 Å². The van der Waals surface area contributed by atoms with Crippen LogP contribution in [0.5, 0.6) is 0 Å². The van der Waals surface area contributed by atoms with Gasteiger partial charge in [0.15, 0.2) is 5.82 Å². The van der Waals surface area contributed by atoms with Gasteiger partial charge in [-0.3, -0.25) is 0 Å². The van der Waals surface area contributed by atoms with Crippen LogP contribution in [0.15, 0.2) is 38.2 Å². The molecular weight excluding hydrogens is 326 g/mol. The van der Waals surface area contributed by atoms with E-state index in [0.29, 0.717) is 17.5 Å². The summed E-state index contributed by atoms with van der Waals surface area (Å²) in [5.41, 5.74) is 5.52. The summed E-state index contributed by atoms with van der Waals surface area (Å²) >= 11 is 5.17. The lowest BCUT2D eigenvalue weighted by atomic mass is 10.0. The zero-order valence-electron chi connectivity index (χ0n) is 10.9. The van der Waals surface area contributed by atoms with Crippen molar-refractivity contribution in [3.05, 3.63) is 40.5 Å². The Labute approximate surface area is 125 Å². The first kappa shape index (κ1) is 14.6. The number of nitrogens with zero attached hydrogens (tertiary/aromatic N) is 2. The maximum absolute atomic E-state index is 6.07. The standard InChI is InChI=1S/C13H16BrN3OS/c1-3-13(2,15)12-16-11(17-18-12)8-19-10-7-5-4-6-9(10)14/h4-7H,3,8,15H2,1-2H3. The van der Waals surface area contributed by atoms with Crippen LogP contribution >= 0.6 is 27.7 Å². The van der Waals surface area contributed by atoms with E-state index in [-0.39, 0.29) is 0 Å². The molecule has 0 amide bonds. The van der Waals surface area contributed by atoms with Gasteiger partial charge in [-0.2, -0.15) is 4.98 Å². The maximum Gasteiger partial charge on any atom is 0.246 e. The topological polar surface area (TPSA) is 64.9 Å². The average molecular weight is 342 g/mol. The van der Waals surface area contributed by atoms with E-state index in [0.717, 1.165) is 15.8 Å². The Hall–Kier alpha value is -0.850. The Kier molecular flexibility index (Phi) is 4.65. The van der Waals surface area contributed by atoms with Gasteiger partial charge < -0.3 is 10.3 Å². The number of nitrogens with two attached hydrogens (primary N) is 1. The Morgan fingerprint density at radius 2 is 2.16 bits per heavy atom. The molecule has 1 heterocycles. The lowest BCUT2D eigenvalue weighted by Crippen LogP contribution is -2.32. The monoisotopic (exact) mass is 341 g/mol. The third kappa shape index (κ3) is 3.58. The Balaban J connectivity index is 2.03. The van der Waals surface area contributed by atoms with Crippen LogP contribution in [0.1, 0.15) is 32.0 Å². The van der Waals surface area contributed by atoms with Crippen LogP contribution in [0.4, 0.5) is 0 Å². The fraction of sp³-hybridized carbons (Fsp3) is 0.385. The van der Waals surface area contributed by atoms with Crippen LogP contribution in [0.3, 0.4) is 0 Å². The van der Waals surface area contributed by atoms with Crippen LogP contribution in [0.25, 0.3) is 0 Å². The summed E-state index contributed by atoms with van der Waals surface area (Å²) in [5, 5.41) is 3.97. The summed E-state index contributed by atoms with van der Waals surface area (Å²) < 4.78 is 6.30. The number of benzene rings is 1. The molecule has 0 aliphatic carbocycles. The largest absolute Gasteiger partial charge is 0.337 e. The van der Waals surface area contributed by atoms with E-state index in [1.807, 2.05) is 32.0 Å². The fourth-order valence-corrected chi connectivity index (χ4v) is 2.81. The van der Waals surface area contributed by atoms with Gasteiger partial charge in [-0.1, -0.05) is 24.2 Å². The maximum atomic E-state index is 6.07. The summed E-state index contributed by atoms with van der Waals surface area (Å²) in [6.45, 7) is 3.89. The van der Waals surface area contributed by atoms with E-state index in [9.17, 15) is 0 Å². The number of halogens is 1. The van der Waals surface area contributed by atoms with Crippen LogP contribution in [-0.4, -0.2) is 10.1 Å². The van der Waals surface area contributed by atoms with Crippen molar-refractivity contribution >= 4 is 27.7 Å². The van der Waals surface area contributed by atoms with Crippen molar-refractivity contribution in [2.24, 2.45) is 5.73 Å². The molecule has 0 aliphatic rings. The van der Waals surface area contributed by atoms with E-state index in [1.165, 1.54) is 0 Å². The summed E-state index contributed by atoms with van der Waals surface area (Å²) in [6.07, 6.45) is 0.756. The molecule has 0 saturated heterocycles. The second-order valence-corrected chi connectivity index (χ2v) is 6.38. The van der Waals surface area contributed by atoms with Crippen molar-refractivity contribution in [1.82, 2.24) is 10.1 Å². The predicted molar refractivity (Wildman–Crippen MR) is 79.8 cm³/mol. The highest BCUT2D eigenvalue weighted by atomic mass is 79.9. The van der Waals surface area contributed by atoms with E-state index in [2.05, 4.69) is 32.1 Å². The first-order valence-electron chi connectivity index (χ1n) is 6.02. The van der Waals surface area contributed by atoms with Crippen molar-refractivity contribution < 1.29 is 4.52 Å². The molecule has 0 fully saturated rings. The lowest BCUT2D eigenvalue weighted by molar-refractivity contribution is 0.290. The molecule has 4 nitrogen and oxygen atoms in total. The summed E-state index contributed by atoms with van der Waals surface area (Å²) in [5.74, 6) is 1.82. The van der Waals surface area contributed by atoms with Gasteiger partial charge in [0, 0.05) is 9.37 Å². The minimum Gasteiger partial charge on any atom is -0.337 e. The van der Waals surface area contributed by atoms with E-state index in [4.69, 9.17) is 10.3 Å². The lowest BCUT2D eigenvalue weighted by Gasteiger charge is -2.16. The zero-order valence-corrected chi connectivity index (χ0v) is 13.3. The van der Waals surface area contributed by atoms with Crippen molar-refractivity contribution in [3.63, 3.8) is 0 Å². The average Bonchev–Trinajstić information content (AvgIpc) is 2.87. The fourth-order valence-electron chi connectivity index (χ4n) is 1.40. The molecule has 0 bridgehead atoms. The summed E-state index contributed by atoms with van der Waals surface area (Å²) in [7, 11) is 0. The number of rotatable bonds is 5. The molecule has 1 aromatic carbocycles. The second-order valence-electron chi connectivity index (χ2n) is 4.51. The Morgan fingerprint density at radius 1 is 1.42 bits per heavy atom. The molecule has 2 aromatic rings. The van der Waals surface area contributed by atoms with Crippen LogP contribution in [0, 0.1) is 0 Å². The highest BCUT2D eigenvalue weighted by molar-refractivity contribution is 9.10. The van der Waals surface area contributed by atoms with Gasteiger partial charge in [0.1, 0.15) is 0 Å². The minimum atomic E-state index is -0.552. The molecule has 6 heteroatoms. The zero-order chi connectivity index (χ0) is 13.9. The van der Waals surface area contributed by atoms with E-state index >= 15 is 0 Å². The molecule has 19 heavy (non-hydrogen) atoms.